The lowest BCUT2D eigenvalue weighted by molar-refractivity contribution is -0.141. The second kappa shape index (κ2) is 10.7. The van der Waals surface area contributed by atoms with Crippen LogP contribution in [0.15, 0.2) is 42.5 Å². The van der Waals surface area contributed by atoms with Gasteiger partial charge in [0.1, 0.15) is 17.7 Å². The monoisotopic (exact) mass is 481 g/mol. The maximum atomic E-state index is 12.6. The minimum atomic E-state index is -0.984. The fourth-order valence-electron chi connectivity index (χ4n) is 4.10. The average Bonchev–Trinajstić information content (AvgIpc) is 2.82. The Morgan fingerprint density at radius 1 is 1.12 bits per heavy atom. The molecule has 0 bridgehead atoms. The van der Waals surface area contributed by atoms with Crippen LogP contribution in [0.4, 0.5) is 5.82 Å². The van der Waals surface area contributed by atoms with Crippen LogP contribution < -0.4 is 4.90 Å². The molecule has 2 heterocycles. The Kier molecular flexibility index (Phi) is 7.92. The number of carbonyl (C=O) groups excluding carboxylic acids is 1. The largest absolute Gasteiger partial charge is 0.507 e. The maximum Gasteiger partial charge on any atom is 0.251 e. The number of hydrogen-bond acceptors (Lipinski definition) is 7. The first-order valence-corrected chi connectivity index (χ1v) is 11.1. The van der Waals surface area contributed by atoms with Gasteiger partial charge in [-0.1, -0.05) is 26.0 Å². The SMILES string of the molecule is CC(C)C[C@@H](O)C(=O)N1CCN(c2nc(-c3ccccc3O)nc3ccc(C#N)cc23)CC1.Cl. The van der Waals surface area contributed by atoms with E-state index in [2.05, 4.69) is 16.0 Å². The van der Waals surface area contributed by atoms with Crippen LogP contribution in [0.25, 0.3) is 22.3 Å². The first-order valence-electron chi connectivity index (χ1n) is 11.1. The van der Waals surface area contributed by atoms with Gasteiger partial charge >= 0.3 is 0 Å². The summed E-state index contributed by atoms with van der Waals surface area (Å²) in [5.74, 6) is 1.14. The van der Waals surface area contributed by atoms with E-state index < -0.39 is 6.10 Å². The lowest BCUT2D eigenvalue weighted by atomic mass is 10.0. The van der Waals surface area contributed by atoms with Gasteiger partial charge in [-0.05, 0) is 42.7 Å². The smallest absolute Gasteiger partial charge is 0.251 e. The molecule has 1 aromatic heterocycles. The molecule has 1 aliphatic heterocycles. The summed E-state index contributed by atoms with van der Waals surface area (Å²) in [6.45, 7) is 5.94. The third-order valence-electron chi connectivity index (χ3n) is 5.82. The summed E-state index contributed by atoms with van der Waals surface area (Å²) in [7, 11) is 0. The van der Waals surface area contributed by atoms with E-state index in [-0.39, 0.29) is 30.0 Å². The summed E-state index contributed by atoms with van der Waals surface area (Å²) >= 11 is 0. The Morgan fingerprint density at radius 3 is 2.47 bits per heavy atom. The normalized spacial score (nSPS) is 14.6. The molecule has 4 rings (SSSR count). The van der Waals surface area contributed by atoms with Gasteiger partial charge in [0.05, 0.1) is 22.7 Å². The van der Waals surface area contributed by atoms with Crippen LogP contribution in [0.1, 0.15) is 25.8 Å². The predicted octanol–water partition coefficient (Wildman–Crippen LogP) is 3.35. The van der Waals surface area contributed by atoms with Crippen molar-refractivity contribution in [1.29, 1.82) is 5.26 Å². The molecule has 1 fully saturated rings. The van der Waals surface area contributed by atoms with Crippen molar-refractivity contribution in [2.45, 2.75) is 26.4 Å². The van der Waals surface area contributed by atoms with E-state index in [9.17, 15) is 20.3 Å². The molecule has 1 amide bonds. The van der Waals surface area contributed by atoms with Gasteiger partial charge in [-0.2, -0.15) is 5.26 Å². The van der Waals surface area contributed by atoms with E-state index >= 15 is 0 Å². The molecule has 34 heavy (non-hydrogen) atoms. The van der Waals surface area contributed by atoms with Crippen molar-refractivity contribution >= 4 is 35.0 Å². The van der Waals surface area contributed by atoms with E-state index in [0.29, 0.717) is 60.9 Å². The van der Waals surface area contributed by atoms with Gasteiger partial charge in [-0.3, -0.25) is 4.79 Å². The number of nitrogens with zero attached hydrogens (tertiary/aromatic N) is 5. The Labute approximate surface area is 204 Å². The number of benzene rings is 2. The lowest BCUT2D eigenvalue weighted by Gasteiger charge is -2.37. The third-order valence-corrected chi connectivity index (χ3v) is 5.82. The number of para-hydroxylation sites is 1. The fraction of sp³-hybridized carbons (Fsp3) is 0.360. The second-order valence-corrected chi connectivity index (χ2v) is 8.69. The Hall–Kier alpha value is -3.41. The highest BCUT2D eigenvalue weighted by atomic mass is 35.5. The van der Waals surface area contributed by atoms with Crippen molar-refractivity contribution in [3.05, 3.63) is 48.0 Å². The van der Waals surface area contributed by atoms with Crippen LogP contribution in [-0.2, 0) is 4.79 Å². The van der Waals surface area contributed by atoms with Crippen molar-refractivity contribution in [2.24, 2.45) is 5.92 Å². The zero-order valence-electron chi connectivity index (χ0n) is 19.2. The van der Waals surface area contributed by atoms with Gasteiger partial charge in [0, 0.05) is 31.6 Å². The number of rotatable bonds is 5. The molecule has 3 aromatic rings. The first-order chi connectivity index (χ1) is 15.9. The van der Waals surface area contributed by atoms with E-state index in [1.807, 2.05) is 19.9 Å². The summed E-state index contributed by atoms with van der Waals surface area (Å²) in [6, 6.07) is 14.3. The van der Waals surface area contributed by atoms with Crippen LogP contribution in [0.2, 0.25) is 0 Å². The molecule has 1 atom stereocenters. The number of aliphatic hydroxyl groups is 1. The second-order valence-electron chi connectivity index (χ2n) is 8.69. The number of fused-ring (bicyclic) bond motifs is 1. The van der Waals surface area contributed by atoms with Crippen LogP contribution >= 0.6 is 12.4 Å². The number of anilines is 1. The summed E-state index contributed by atoms with van der Waals surface area (Å²) in [4.78, 5) is 25.8. The predicted molar refractivity (Wildman–Crippen MR) is 133 cm³/mol. The third kappa shape index (κ3) is 5.22. The highest BCUT2D eigenvalue weighted by Gasteiger charge is 2.28. The molecule has 1 aliphatic rings. The summed E-state index contributed by atoms with van der Waals surface area (Å²) in [6.07, 6.45) is -0.543. The van der Waals surface area contributed by atoms with Crippen LogP contribution in [-0.4, -0.2) is 63.3 Å². The molecule has 0 saturated carbocycles. The first kappa shape index (κ1) is 25.2. The summed E-state index contributed by atoms with van der Waals surface area (Å²) in [5.41, 5.74) is 1.70. The number of phenols is 1. The topological polar surface area (TPSA) is 114 Å². The number of hydrogen-bond donors (Lipinski definition) is 2. The molecule has 0 radical (unpaired) electrons. The van der Waals surface area contributed by atoms with E-state index in [0.717, 1.165) is 5.39 Å². The molecule has 2 N–H and O–H groups in total. The highest BCUT2D eigenvalue weighted by molar-refractivity contribution is 5.92. The molecule has 0 unspecified atom stereocenters. The Balaban J connectivity index is 0.00000324. The van der Waals surface area contributed by atoms with Crippen molar-refractivity contribution in [3.8, 4) is 23.2 Å². The molecular weight excluding hydrogens is 454 g/mol. The fourth-order valence-corrected chi connectivity index (χ4v) is 4.10. The summed E-state index contributed by atoms with van der Waals surface area (Å²) < 4.78 is 0. The number of amides is 1. The molecule has 0 spiro atoms. The van der Waals surface area contributed by atoms with Crippen LogP contribution in [0, 0.1) is 17.2 Å². The minimum Gasteiger partial charge on any atom is -0.507 e. The Morgan fingerprint density at radius 2 is 1.82 bits per heavy atom. The van der Waals surface area contributed by atoms with Crippen LogP contribution in [0.3, 0.4) is 0 Å². The Bertz CT molecular complexity index is 1220. The number of carbonyl (C=O) groups is 1. The maximum absolute atomic E-state index is 12.6. The molecule has 8 nitrogen and oxygen atoms in total. The zero-order valence-corrected chi connectivity index (χ0v) is 20.0. The van der Waals surface area contributed by atoms with Gasteiger partial charge in [-0.25, -0.2) is 9.97 Å². The molecule has 9 heteroatoms. The number of piperazine rings is 1. The number of aromatic nitrogens is 2. The van der Waals surface area contributed by atoms with Gasteiger partial charge in [0.15, 0.2) is 5.82 Å². The van der Waals surface area contributed by atoms with E-state index in [1.54, 1.807) is 41.3 Å². The van der Waals surface area contributed by atoms with Crippen LogP contribution in [0.5, 0.6) is 5.75 Å². The van der Waals surface area contributed by atoms with Crippen molar-refractivity contribution in [1.82, 2.24) is 14.9 Å². The number of nitriles is 1. The van der Waals surface area contributed by atoms with Crippen molar-refractivity contribution in [3.63, 3.8) is 0 Å². The van der Waals surface area contributed by atoms with E-state index in [1.165, 1.54) is 0 Å². The zero-order chi connectivity index (χ0) is 23.5. The standard InChI is InChI=1S/C25H27N5O3.ClH/c1-16(2)13-22(32)25(33)30-11-9-29(10-12-30)24-19-14-17(15-26)7-8-20(19)27-23(28-24)18-5-3-4-6-21(18)31;/h3-8,14,16,22,31-32H,9-13H2,1-2H3;1H/t22-;/m1./s1. The highest BCUT2D eigenvalue weighted by Crippen LogP contribution is 2.32. The molecule has 2 aromatic carbocycles. The number of aromatic hydroxyl groups is 1. The number of aliphatic hydroxyl groups excluding tert-OH is 1. The van der Waals surface area contributed by atoms with Gasteiger partial charge in [-0.15, -0.1) is 12.4 Å². The minimum absolute atomic E-state index is 0. The van der Waals surface area contributed by atoms with Gasteiger partial charge in [0.25, 0.3) is 5.91 Å². The summed E-state index contributed by atoms with van der Waals surface area (Å²) in [5, 5.41) is 30.7. The van der Waals surface area contributed by atoms with Gasteiger partial charge in [0.2, 0.25) is 0 Å². The molecule has 178 valence electrons. The lowest BCUT2D eigenvalue weighted by Crippen LogP contribution is -2.52. The molecule has 1 saturated heterocycles. The van der Waals surface area contributed by atoms with Gasteiger partial charge < -0.3 is 20.0 Å². The van der Waals surface area contributed by atoms with Crippen molar-refractivity contribution < 1.29 is 15.0 Å². The van der Waals surface area contributed by atoms with Crippen molar-refractivity contribution in [2.75, 3.05) is 31.1 Å². The number of halogens is 1. The number of phenolic OH excluding ortho intramolecular Hbond substituents is 1. The van der Waals surface area contributed by atoms with E-state index in [4.69, 9.17) is 4.98 Å². The molecular formula is C25H28ClN5O3. The average molecular weight is 482 g/mol. The quantitative estimate of drug-likeness (QED) is 0.574. The molecule has 0 aliphatic carbocycles.